The Morgan fingerprint density at radius 2 is 0.705 bits per heavy atom. The molecular weight excluding hydrogens is 532 g/mol. The highest BCUT2D eigenvalue weighted by molar-refractivity contribution is 5.89. The number of nitrogens with zero attached hydrogens (tertiary/aromatic N) is 2. The second kappa shape index (κ2) is 11.1. The smallest absolute Gasteiger partial charge is 0.160 e. The second-order valence-electron chi connectivity index (χ2n) is 11.1. The average molecular weight is 561 g/mol. The zero-order chi connectivity index (χ0) is 29.3. The fourth-order valence-corrected chi connectivity index (χ4v) is 5.89. The number of fused-ring (bicyclic) bond motifs is 2. The third-order valence-corrected chi connectivity index (χ3v) is 8.26. The number of hydrogen-bond acceptors (Lipinski definition) is 2. The van der Waals surface area contributed by atoms with Gasteiger partial charge >= 0.3 is 0 Å². The molecule has 1 heterocycles. The van der Waals surface area contributed by atoms with Crippen molar-refractivity contribution in [3.05, 3.63) is 170 Å². The maximum Gasteiger partial charge on any atom is 0.160 e. The van der Waals surface area contributed by atoms with Crippen molar-refractivity contribution in [2.75, 3.05) is 0 Å². The lowest BCUT2D eigenvalue weighted by atomic mass is 9.97. The molecular formula is C42H28N2. The van der Waals surface area contributed by atoms with E-state index in [1.807, 2.05) is 0 Å². The number of aromatic nitrogens is 2. The third kappa shape index (κ3) is 5.04. The molecule has 2 nitrogen and oxygen atoms in total. The van der Waals surface area contributed by atoms with Crippen LogP contribution in [0.2, 0.25) is 0 Å². The Balaban J connectivity index is 1.22. The van der Waals surface area contributed by atoms with Crippen LogP contribution in [0, 0.1) is 0 Å². The van der Waals surface area contributed by atoms with E-state index in [0.717, 1.165) is 33.9 Å². The largest absolute Gasteiger partial charge is 0.228 e. The first-order valence-corrected chi connectivity index (χ1v) is 14.9. The van der Waals surface area contributed by atoms with E-state index in [9.17, 15) is 0 Å². The predicted molar refractivity (Wildman–Crippen MR) is 184 cm³/mol. The Bertz CT molecular complexity index is 2170. The molecule has 0 N–H and O–H groups in total. The van der Waals surface area contributed by atoms with Gasteiger partial charge < -0.3 is 0 Å². The summed E-state index contributed by atoms with van der Waals surface area (Å²) in [7, 11) is 0. The Kier molecular flexibility index (Phi) is 6.51. The Morgan fingerprint density at radius 3 is 1.36 bits per heavy atom. The van der Waals surface area contributed by atoms with Crippen LogP contribution in [-0.2, 0) is 0 Å². The zero-order valence-electron chi connectivity index (χ0n) is 24.1. The fourth-order valence-electron chi connectivity index (χ4n) is 5.89. The van der Waals surface area contributed by atoms with E-state index < -0.39 is 0 Å². The topological polar surface area (TPSA) is 25.8 Å². The molecule has 0 atom stereocenters. The molecule has 0 spiro atoms. The summed E-state index contributed by atoms with van der Waals surface area (Å²) in [5.41, 5.74) is 9.72. The molecule has 8 aromatic rings. The van der Waals surface area contributed by atoms with Crippen LogP contribution in [0.5, 0.6) is 0 Å². The Morgan fingerprint density at radius 1 is 0.250 bits per heavy atom. The van der Waals surface area contributed by atoms with Gasteiger partial charge in [-0.1, -0.05) is 146 Å². The highest BCUT2D eigenvalue weighted by atomic mass is 14.9. The Labute approximate surface area is 257 Å². The van der Waals surface area contributed by atoms with Gasteiger partial charge in [-0.05, 0) is 68.1 Å². The highest BCUT2D eigenvalue weighted by Crippen LogP contribution is 2.32. The minimum absolute atomic E-state index is 0.719. The lowest BCUT2D eigenvalue weighted by molar-refractivity contribution is 1.18. The molecule has 0 saturated heterocycles. The number of hydrogen-bond donors (Lipinski definition) is 0. The van der Waals surface area contributed by atoms with Crippen molar-refractivity contribution in [3.8, 4) is 56.2 Å². The van der Waals surface area contributed by atoms with Gasteiger partial charge in [0.15, 0.2) is 5.82 Å². The van der Waals surface area contributed by atoms with Crippen LogP contribution in [0.25, 0.3) is 77.7 Å². The van der Waals surface area contributed by atoms with Crippen LogP contribution < -0.4 is 0 Å². The molecule has 0 bridgehead atoms. The molecule has 0 aliphatic rings. The van der Waals surface area contributed by atoms with E-state index in [2.05, 4.69) is 170 Å². The molecule has 0 fully saturated rings. The Hall–Kier alpha value is -5.86. The van der Waals surface area contributed by atoms with Gasteiger partial charge in [0.2, 0.25) is 0 Å². The standard InChI is InChI=1S/C42H28N2/c1-2-9-29(10-3-1)36-15-8-16-37(25-36)32-17-21-33(22-18-32)40-28-41(38-23-19-30-11-4-6-13-34(30)26-38)44-42(43-40)39-24-20-31-12-5-7-14-35(31)27-39/h1-28H. The summed E-state index contributed by atoms with van der Waals surface area (Å²) >= 11 is 0. The summed E-state index contributed by atoms with van der Waals surface area (Å²) in [5, 5.41) is 4.79. The lowest BCUT2D eigenvalue weighted by Gasteiger charge is -2.11. The minimum Gasteiger partial charge on any atom is -0.228 e. The van der Waals surface area contributed by atoms with Crippen LogP contribution in [0.4, 0.5) is 0 Å². The first-order valence-electron chi connectivity index (χ1n) is 14.9. The van der Waals surface area contributed by atoms with Crippen LogP contribution in [0.3, 0.4) is 0 Å². The molecule has 0 unspecified atom stereocenters. The van der Waals surface area contributed by atoms with E-state index in [1.165, 1.54) is 43.8 Å². The molecule has 44 heavy (non-hydrogen) atoms. The summed E-state index contributed by atoms with van der Waals surface area (Å²) in [4.78, 5) is 10.2. The van der Waals surface area contributed by atoms with Gasteiger partial charge in [0.1, 0.15) is 0 Å². The quantitative estimate of drug-likeness (QED) is 0.209. The van der Waals surface area contributed by atoms with Gasteiger partial charge in [-0.15, -0.1) is 0 Å². The van der Waals surface area contributed by atoms with Crippen molar-refractivity contribution in [1.82, 2.24) is 9.97 Å². The van der Waals surface area contributed by atoms with Crippen molar-refractivity contribution in [3.63, 3.8) is 0 Å². The summed E-state index contributed by atoms with van der Waals surface area (Å²) < 4.78 is 0. The maximum atomic E-state index is 5.11. The molecule has 7 aromatic carbocycles. The van der Waals surface area contributed by atoms with E-state index in [0.29, 0.717) is 0 Å². The van der Waals surface area contributed by atoms with Crippen molar-refractivity contribution in [1.29, 1.82) is 0 Å². The van der Waals surface area contributed by atoms with Gasteiger partial charge in [0.05, 0.1) is 11.4 Å². The van der Waals surface area contributed by atoms with Crippen molar-refractivity contribution >= 4 is 21.5 Å². The predicted octanol–water partition coefficient (Wildman–Crippen LogP) is 11.1. The number of benzene rings is 7. The summed E-state index contributed by atoms with van der Waals surface area (Å²) in [5.74, 6) is 0.719. The third-order valence-electron chi connectivity index (χ3n) is 8.26. The highest BCUT2D eigenvalue weighted by Gasteiger charge is 2.12. The normalized spacial score (nSPS) is 11.2. The molecule has 0 aliphatic carbocycles. The first kappa shape index (κ1) is 25.8. The number of rotatable bonds is 5. The van der Waals surface area contributed by atoms with Crippen LogP contribution in [0.1, 0.15) is 0 Å². The maximum absolute atomic E-state index is 5.11. The van der Waals surface area contributed by atoms with Crippen molar-refractivity contribution in [2.24, 2.45) is 0 Å². The van der Waals surface area contributed by atoms with E-state index in [-0.39, 0.29) is 0 Å². The van der Waals surface area contributed by atoms with Gasteiger partial charge in [0.25, 0.3) is 0 Å². The monoisotopic (exact) mass is 560 g/mol. The minimum atomic E-state index is 0.719. The molecule has 0 saturated carbocycles. The van der Waals surface area contributed by atoms with Gasteiger partial charge in [-0.3, -0.25) is 0 Å². The van der Waals surface area contributed by atoms with Crippen LogP contribution >= 0.6 is 0 Å². The molecule has 1 aromatic heterocycles. The molecule has 0 radical (unpaired) electrons. The molecule has 2 heteroatoms. The summed E-state index contributed by atoms with van der Waals surface area (Å²) in [6.07, 6.45) is 0. The molecule has 206 valence electrons. The summed E-state index contributed by atoms with van der Waals surface area (Å²) in [6, 6.07) is 59.9. The fraction of sp³-hybridized carbons (Fsp3) is 0. The lowest BCUT2D eigenvalue weighted by Crippen LogP contribution is -1.96. The first-order chi connectivity index (χ1) is 21.8. The zero-order valence-corrected chi connectivity index (χ0v) is 24.1. The van der Waals surface area contributed by atoms with E-state index in [1.54, 1.807) is 0 Å². The molecule has 0 aliphatic heterocycles. The average Bonchev–Trinajstić information content (AvgIpc) is 3.11. The van der Waals surface area contributed by atoms with Gasteiger partial charge in [-0.2, -0.15) is 0 Å². The van der Waals surface area contributed by atoms with Crippen LogP contribution in [-0.4, -0.2) is 9.97 Å². The van der Waals surface area contributed by atoms with Crippen molar-refractivity contribution in [2.45, 2.75) is 0 Å². The van der Waals surface area contributed by atoms with Crippen molar-refractivity contribution < 1.29 is 0 Å². The van der Waals surface area contributed by atoms with E-state index in [4.69, 9.17) is 9.97 Å². The second-order valence-corrected chi connectivity index (χ2v) is 11.1. The SMILES string of the molecule is c1ccc(-c2cccc(-c3ccc(-c4cc(-c5ccc6ccccc6c5)nc(-c5ccc6ccccc6c5)n4)cc3)c2)cc1. The molecule has 8 rings (SSSR count). The molecule has 0 amide bonds. The van der Waals surface area contributed by atoms with E-state index >= 15 is 0 Å². The van der Waals surface area contributed by atoms with Gasteiger partial charge in [-0.25, -0.2) is 9.97 Å². The van der Waals surface area contributed by atoms with Gasteiger partial charge in [0, 0.05) is 16.7 Å². The summed E-state index contributed by atoms with van der Waals surface area (Å²) in [6.45, 7) is 0. The van der Waals surface area contributed by atoms with Crippen LogP contribution in [0.15, 0.2) is 170 Å².